The highest BCUT2D eigenvalue weighted by atomic mass is 32.2. The second-order valence-electron chi connectivity index (χ2n) is 4.80. The zero-order valence-corrected chi connectivity index (χ0v) is 11.7. The number of oxime groups is 1. The Balaban J connectivity index is 2.36. The fraction of sp³-hybridized carbons (Fsp3) is 0.900. The maximum absolute atomic E-state index is 11.3. The van der Waals surface area contributed by atoms with Gasteiger partial charge in [0.25, 0.3) is 0 Å². The lowest BCUT2D eigenvalue weighted by atomic mass is 10.0. The van der Waals surface area contributed by atoms with Crippen LogP contribution in [0.1, 0.15) is 26.2 Å². The molecule has 4 N–H and O–H groups in total. The summed E-state index contributed by atoms with van der Waals surface area (Å²) >= 11 is 0. The van der Waals surface area contributed by atoms with E-state index in [-0.39, 0.29) is 17.9 Å². The Bertz CT molecular complexity index is 388. The fourth-order valence-corrected chi connectivity index (χ4v) is 3.04. The predicted octanol–water partition coefficient (Wildman–Crippen LogP) is -0.475. The molecule has 1 unspecified atom stereocenters. The molecule has 0 bridgehead atoms. The largest absolute Gasteiger partial charge is 0.409 e. The molecule has 1 aliphatic heterocycles. The Hall–Kier alpha value is -0.860. The highest BCUT2D eigenvalue weighted by Gasteiger charge is 2.25. The van der Waals surface area contributed by atoms with Gasteiger partial charge in [0, 0.05) is 31.6 Å². The van der Waals surface area contributed by atoms with Crippen molar-refractivity contribution < 1.29 is 13.6 Å². The lowest BCUT2D eigenvalue weighted by molar-refractivity contribution is 0.277. The second kappa shape index (κ2) is 6.35. The van der Waals surface area contributed by atoms with Gasteiger partial charge in [0.05, 0.1) is 6.26 Å². The number of nitrogens with two attached hydrogens (primary N) is 1. The lowest BCUT2D eigenvalue weighted by Crippen LogP contribution is -2.47. The highest BCUT2D eigenvalue weighted by molar-refractivity contribution is 7.88. The van der Waals surface area contributed by atoms with Gasteiger partial charge < -0.3 is 16.3 Å². The van der Waals surface area contributed by atoms with Crippen LogP contribution < -0.4 is 11.1 Å². The van der Waals surface area contributed by atoms with E-state index < -0.39 is 10.0 Å². The third kappa shape index (κ3) is 4.79. The Kier molecular flexibility index (Phi) is 5.36. The molecule has 0 aromatic carbocycles. The van der Waals surface area contributed by atoms with E-state index in [1.165, 1.54) is 10.6 Å². The molecule has 1 fully saturated rings. The highest BCUT2D eigenvalue weighted by Crippen LogP contribution is 2.14. The number of piperidine rings is 1. The summed E-state index contributed by atoms with van der Waals surface area (Å²) < 4.78 is 24.2. The third-order valence-corrected chi connectivity index (χ3v) is 4.39. The van der Waals surface area contributed by atoms with Gasteiger partial charge in [-0.2, -0.15) is 0 Å². The van der Waals surface area contributed by atoms with E-state index in [2.05, 4.69) is 10.5 Å². The average Bonchev–Trinajstić information content (AvgIpc) is 2.28. The van der Waals surface area contributed by atoms with Crippen molar-refractivity contribution in [1.29, 1.82) is 0 Å². The van der Waals surface area contributed by atoms with E-state index >= 15 is 0 Å². The van der Waals surface area contributed by atoms with Gasteiger partial charge in [0.2, 0.25) is 10.0 Å². The Labute approximate surface area is 108 Å². The summed E-state index contributed by atoms with van der Waals surface area (Å²) in [6, 6.07) is 0.389. The summed E-state index contributed by atoms with van der Waals surface area (Å²) in [6.07, 6.45) is 3.28. The quantitative estimate of drug-likeness (QED) is 0.272. The normalized spacial score (nSPS) is 22.0. The van der Waals surface area contributed by atoms with Gasteiger partial charge in [0.1, 0.15) is 5.84 Å². The fourth-order valence-electron chi connectivity index (χ4n) is 2.17. The monoisotopic (exact) mass is 278 g/mol. The molecule has 106 valence electrons. The van der Waals surface area contributed by atoms with Crippen LogP contribution in [-0.2, 0) is 10.0 Å². The molecule has 0 amide bonds. The van der Waals surface area contributed by atoms with Crippen molar-refractivity contribution in [3.8, 4) is 0 Å². The van der Waals surface area contributed by atoms with Gasteiger partial charge in [-0.15, -0.1) is 0 Å². The number of sulfonamides is 1. The summed E-state index contributed by atoms with van der Waals surface area (Å²) in [5.41, 5.74) is 5.43. The van der Waals surface area contributed by atoms with Crippen LogP contribution >= 0.6 is 0 Å². The lowest BCUT2D eigenvalue weighted by Gasteiger charge is -2.32. The van der Waals surface area contributed by atoms with Gasteiger partial charge in [0.15, 0.2) is 0 Å². The van der Waals surface area contributed by atoms with E-state index in [9.17, 15) is 8.42 Å². The second-order valence-corrected chi connectivity index (χ2v) is 6.78. The van der Waals surface area contributed by atoms with Crippen LogP contribution in [-0.4, -0.2) is 55.2 Å². The number of rotatable bonds is 5. The van der Waals surface area contributed by atoms with E-state index in [0.717, 1.165) is 12.8 Å². The summed E-state index contributed by atoms with van der Waals surface area (Å²) in [5, 5.41) is 14.8. The van der Waals surface area contributed by atoms with Crippen LogP contribution in [0.4, 0.5) is 0 Å². The molecular formula is C10H22N4O3S. The van der Waals surface area contributed by atoms with Gasteiger partial charge in [-0.1, -0.05) is 5.16 Å². The number of amidine groups is 1. The first-order valence-corrected chi connectivity index (χ1v) is 7.85. The molecule has 1 aliphatic rings. The van der Waals surface area contributed by atoms with Crippen molar-refractivity contribution in [2.75, 3.05) is 19.3 Å². The topological polar surface area (TPSA) is 108 Å². The zero-order chi connectivity index (χ0) is 13.8. The molecule has 0 spiro atoms. The van der Waals surface area contributed by atoms with Crippen LogP contribution in [0.25, 0.3) is 0 Å². The van der Waals surface area contributed by atoms with Crippen LogP contribution in [0.15, 0.2) is 5.16 Å². The third-order valence-electron chi connectivity index (χ3n) is 3.09. The summed E-state index contributed by atoms with van der Waals surface area (Å²) in [5.74, 6) is 0.198. The van der Waals surface area contributed by atoms with Gasteiger partial charge in [-0.25, -0.2) is 12.7 Å². The molecule has 1 rings (SSSR count). The molecule has 0 aliphatic carbocycles. The summed E-state index contributed by atoms with van der Waals surface area (Å²) in [6.45, 7) is 3.06. The molecule has 18 heavy (non-hydrogen) atoms. The minimum Gasteiger partial charge on any atom is -0.409 e. The Morgan fingerprint density at radius 3 is 2.56 bits per heavy atom. The van der Waals surface area contributed by atoms with Crippen LogP contribution in [0.2, 0.25) is 0 Å². The molecular weight excluding hydrogens is 256 g/mol. The first-order valence-electron chi connectivity index (χ1n) is 6.00. The van der Waals surface area contributed by atoms with E-state index in [1.54, 1.807) is 0 Å². The molecule has 8 heteroatoms. The molecule has 7 nitrogen and oxygen atoms in total. The molecule has 1 heterocycles. The van der Waals surface area contributed by atoms with Gasteiger partial charge >= 0.3 is 0 Å². The average molecular weight is 278 g/mol. The Morgan fingerprint density at radius 1 is 1.56 bits per heavy atom. The minimum absolute atomic E-state index is 0.107. The first kappa shape index (κ1) is 15.2. The van der Waals surface area contributed by atoms with Gasteiger partial charge in [-0.3, -0.25) is 0 Å². The molecule has 0 radical (unpaired) electrons. The standard InChI is InChI=1S/C10H22N4O3S/c1-8(7-10(11)13-15)12-9-3-5-14(6-4-9)18(2,16)17/h8-9,12,15H,3-7H2,1-2H3,(H2,11,13). The van der Waals surface area contributed by atoms with Crippen molar-refractivity contribution in [2.24, 2.45) is 10.9 Å². The number of nitrogens with zero attached hydrogens (tertiary/aromatic N) is 2. The molecule has 0 aromatic heterocycles. The smallest absolute Gasteiger partial charge is 0.211 e. The van der Waals surface area contributed by atoms with E-state index in [4.69, 9.17) is 10.9 Å². The Morgan fingerprint density at radius 2 is 2.11 bits per heavy atom. The maximum atomic E-state index is 11.3. The summed E-state index contributed by atoms with van der Waals surface area (Å²) in [7, 11) is -3.07. The number of hydrogen-bond donors (Lipinski definition) is 3. The molecule has 0 saturated carbocycles. The van der Waals surface area contributed by atoms with Crippen molar-refractivity contribution in [2.45, 2.75) is 38.3 Å². The van der Waals surface area contributed by atoms with Gasteiger partial charge in [-0.05, 0) is 19.8 Å². The maximum Gasteiger partial charge on any atom is 0.211 e. The van der Waals surface area contributed by atoms with Crippen molar-refractivity contribution in [3.05, 3.63) is 0 Å². The first-order chi connectivity index (χ1) is 8.32. The van der Waals surface area contributed by atoms with Crippen LogP contribution in [0.5, 0.6) is 0 Å². The van der Waals surface area contributed by atoms with Crippen LogP contribution in [0.3, 0.4) is 0 Å². The molecule has 1 saturated heterocycles. The summed E-state index contributed by atoms with van der Waals surface area (Å²) in [4.78, 5) is 0. The number of nitrogens with one attached hydrogen (secondary N) is 1. The molecule has 1 atom stereocenters. The number of hydrogen-bond acceptors (Lipinski definition) is 5. The van der Waals surface area contributed by atoms with E-state index in [1.807, 2.05) is 6.92 Å². The zero-order valence-electron chi connectivity index (χ0n) is 10.8. The van der Waals surface area contributed by atoms with Crippen molar-refractivity contribution in [1.82, 2.24) is 9.62 Å². The van der Waals surface area contributed by atoms with Crippen molar-refractivity contribution in [3.63, 3.8) is 0 Å². The van der Waals surface area contributed by atoms with Crippen LogP contribution in [0, 0.1) is 0 Å². The minimum atomic E-state index is -3.07. The predicted molar refractivity (Wildman–Crippen MR) is 70.1 cm³/mol. The molecule has 0 aromatic rings. The van der Waals surface area contributed by atoms with E-state index in [0.29, 0.717) is 19.5 Å². The SMILES string of the molecule is CC(CC(N)=NO)NC1CCN(S(C)(=O)=O)CC1. The van der Waals surface area contributed by atoms with Crippen molar-refractivity contribution >= 4 is 15.9 Å².